The lowest BCUT2D eigenvalue weighted by Gasteiger charge is -2.30. The number of nitrogens with zero attached hydrogens (tertiary/aromatic N) is 2. The van der Waals surface area contributed by atoms with Gasteiger partial charge in [0.15, 0.2) is 11.2 Å². The quantitative estimate of drug-likeness (QED) is 0.546. The highest BCUT2D eigenvalue weighted by Crippen LogP contribution is 2.33. The average molecular weight is 399 g/mol. The number of hydrogen-bond donors (Lipinski definition) is 1. The van der Waals surface area contributed by atoms with Crippen molar-refractivity contribution >= 4 is 39.0 Å². The van der Waals surface area contributed by atoms with Gasteiger partial charge in [0.1, 0.15) is 5.58 Å². The summed E-state index contributed by atoms with van der Waals surface area (Å²) in [6, 6.07) is 14.0. The Labute approximate surface area is 173 Å². The Morgan fingerprint density at radius 1 is 0.967 bits per heavy atom. The van der Waals surface area contributed by atoms with Crippen LogP contribution in [0.25, 0.3) is 21.7 Å². The van der Waals surface area contributed by atoms with E-state index in [0.29, 0.717) is 16.7 Å². The SMILES string of the molecule is O=C(Nc1ccc(N2CCCCC2)c2ccncc12)c1cc(=O)c2ccccc2o1. The van der Waals surface area contributed by atoms with Crippen molar-refractivity contribution in [1.82, 2.24) is 4.98 Å². The van der Waals surface area contributed by atoms with E-state index in [1.165, 1.54) is 25.3 Å². The van der Waals surface area contributed by atoms with Crippen molar-refractivity contribution in [2.75, 3.05) is 23.3 Å². The normalized spacial score (nSPS) is 14.2. The number of piperidine rings is 1. The molecule has 2 aromatic carbocycles. The number of pyridine rings is 1. The summed E-state index contributed by atoms with van der Waals surface area (Å²) in [5, 5.41) is 5.25. The van der Waals surface area contributed by atoms with Crippen LogP contribution in [0.2, 0.25) is 0 Å². The van der Waals surface area contributed by atoms with Crippen molar-refractivity contribution in [3.63, 3.8) is 0 Å². The van der Waals surface area contributed by atoms with E-state index in [1.807, 2.05) is 18.2 Å². The number of para-hydroxylation sites is 1. The molecule has 4 aromatic rings. The van der Waals surface area contributed by atoms with Crippen LogP contribution < -0.4 is 15.6 Å². The number of aromatic nitrogens is 1. The van der Waals surface area contributed by atoms with Crippen LogP contribution >= 0.6 is 0 Å². The number of fused-ring (bicyclic) bond motifs is 2. The molecule has 0 saturated carbocycles. The zero-order chi connectivity index (χ0) is 20.5. The lowest BCUT2D eigenvalue weighted by atomic mass is 10.0. The molecule has 1 N–H and O–H groups in total. The summed E-state index contributed by atoms with van der Waals surface area (Å²) in [4.78, 5) is 31.8. The van der Waals surface area contributed by atoms with E-state index in [4.69, 9.17) is 4.42 Å². The molecule has 1 aliphatic heterocycles. The molecule has 6 nitrogen and oxygen atoms in total. The first-order valence-electron chi connectivity index (χ1n) is 10.2. The van der Waals surface area contributed by atoms with E-state index in [1.54, 1.807) is 36.7 Å². The molecular formula is C24H21N3O3. The molecule has 3 heterocycles. The predicted octanol–water partition coefficient (Wildman–Crippen LogP) is 4.58. The van der Waals surface area contributed by atoms with Crippen LogP contribution in [0, 0.1) is 0 Å². The second-order valence-corrected chi connectivity index (χ2v) is 7.53. The molecule has 0 aliphatic carbocycles. The van der Waals surface area contributed by atoms with Gasteiger partial charge in [0.2, 0.25) is 0 Å². The number of anilines is 2. The average Bonchev–Trinajstić information content (AvgIpc) is 2.80. The summed E-state index contributed by atoms with van der Waals surface area (Å²) >= 11 is 0. The number of amides is 1. The molecule has 5 rings (SSSR count). The van der Waals surface area contributed by atoms with Crippen LogP contribution in [0.15, 0.2) is 70.1 Å². The third-order valence-electron chi connectivity index (χ3n) is 5.60. The van der Waals surface area contributed by atoms with Crippen LogP contribution in [0.1, 0.15) is 29.8 Å². The van der Waals surface area contributed by atoms with Crippen LogP contribution in [0.5, 0.6) is 0 Å². The van der Waals surface area contributed by atoms with Gasteiger partial charge in [-0.3, -0.25) is 14.6 Å². The van der Waals surface area contributed by atoms with Gasteiger partial charge in [0, 0.05) is 48.0 Å². The summed E-state index contributed by atoms with van der Waals surface area (Å²) < 4.78 is 5.67. The minimum absolute atomic E-state index is 0.0177. The Balaban J connectivity index is 1.51. The van der Waals surface area contributed by atoms with Gasteiger partial charge in [-0.2, -0.15) is 0 Å². The van der Waals surface area contributed by atoms with Gasteiger partial charge in [-0.05, 0) is 49.6 Å². The Morgan fingerprint density at radius 3 is 2.67 bits per heavy atom. The smallest absolute Gasteiger partial charge is 0.291 e. The van der Waals surface area contributed by atoms with Crippen LogP contribution in [-0.2, 0) is 0 Å². The minimum Gasteiger partial charge on any atom is -0.451 e. The number of rotatable bonds is 3. The fourth-order valence-electron chi connectivity index (χ4n) is 4.09. The molecule has 0 spiro atoms. The maximum Gasteiger partial charge on any atom is 0.291 e. The van der Waals surface area contributed by atoms with Crippen LogP contribution in [-0.4, -0.2) is 24.0 Å². The number of carbonyl (C=O) groups is 1. The van der Waals surface area contributed by atoms with E-state index >= 15 is 0 Å². The highest BCUT2D eigenvalue weighted by atomic mass is 16.3. The van der Waals surface area contributed by atoms with E-state index in [-0.39, 0.29) is 11.2 Å². The first kappa shape index (κ1) is 18.4. The van der Waals surface area contributed by atoms with Gasteiger partial charge in [0.05, 0.1) is 11.1 Å². The molecule has 0 bridgehead atoms. The maximum atomic E-state index is 12.9. The van der Waals surface area contributed by atoms with Gasteiger partial charge in [0.25, 0.3) is 5.91 Å². The van der Waals surface area contributed by atoms with Gasteiger partial charge < -0.3 is 14.6 Å². The highest BCUT2D eigenvalue weighted by Gasteiger charge is 2.18. The first-order valence-corrected chi connectivity index (χ1v) is 10.2. The van der Waals surface area contributed by atoms with E-state index < -0.39 is 5.91 Å². The zero-order valence-corrected chi connectivity index (χ0v) is 16.4. The van der Waals surface area contributed by atoms with E-state index in [0.717, 1.165) is 29.5 Å². The molecule has 1 aliphatic rings. The molecule has 0 radical (unpaired) electrons. The molecule has 1 amide bonds. The predicted molar refractivity (Wildman–Crippen MR) is 118 cm³/mol. The van der Waals surface area contributed by atoms with Crippen molar-refractivity contribution in [2.24, 2.45) is 0 Å². The molecule has 6 heteroatoms. The Kier molecular flexibility index (Phi) is 4.67. The molecule has 1 saturated heterocycles. The topological polar surface area (TPSA) is 75.4 Å². The van der Waals surface area contributed by atoms with Crippen molar-refractivity contribution in [3.05, 3.63) is 76.9 Å². The second kappa shape index (κ2) is 7.63. The van der Waals surface area contributed by atoms with E-state index in [9.17, 15) is 9.59 Å². The molecule has 0 atom stereocenters. The van der Waals surface area contributed by atoms with Crippen molar-refractivity contribution in [1.29, 1.82) is 0 Å². The fraction of sp³-hybridized carbons (Fsp3) is 0.208. The highest BCUT2D eigenvalue weighted by molar-refractivity contribution is 6.10. The Hall–Kier alpha value is -3.67. The molecule has 150 valence electrons. The maximum absolute atomic E-state index is 12.9. The molecule has 2 aromatic heterocycles. The fourth-order valence-corrected chi connectivity index (χ4v) is 4.09. The standard InChI is InChI=1S/C24H21N3O3/c28-21-14-23(30-22-7-3-2-6-17(21)22)24(29)26-19-8-9-20(27-12-4-1-5-13-27)16-10-11-25-15-18(16)19/h2-3,6-11,14-15H,1,4-5,12-13H2,(H,26,29). The van der Waals surface area contributed by atoms with Crippen LogP contribution in [0.3, 0.4) is 0 Å². The van der Waals surface area contributed by atoms with Crippen molar-refractivity contribution < 1.29 is 9.21 Å². The minimum atomic E-state index is -0.464. The summed E-state index contributed by atoms with van der Waals surface area (Å²) in [6.07, 6.45) is 7.16. The molecule has 30 heavy (non-hydrogen) atoms. The third-order valence-corrected chi connectivity index (χ3v) is 5.60. The van der Waals surface area contributed by atoms with E-state index in [2.05, 4.69) is 15.2 Å². The van der Waals surface area contributed by atoms with Gasteiger partial charge in [-0.15, -0.1) is 0 Å². The number of benzene rings is 2. The zero-order valence-electron chi connectivity index (χ0n) is 16.4. The number of carbonyl (C=O) groups excluding carboxylic acids is 1. The summed E-state index contributed by atoms with van der Waals surface area (Å²) in [5.41, 5.74) is 1.94. The molecule has 1 fully saturated rings. The van der Waals surface area contributed by atoms with Crippen molar-refractivity contribution in [2.45, 2.75) is 19.3 Å². The Bertz CT molecular complexity index is 1310. The van der Waals surface area contributed by atoms with Gasteiger partial charge in [-0.1, -0.05) is 12.1 Å². The molecular weight excluding hydrogens is 378 g/mol. The lowest BCUT2D eigenvalue weighted by Crippen LogP contribution is -2.29. The van der Waals surface area contributed by atoms with Crippen LogP contribution in [0.4, 0.5) is 11.4 Å². The summed E-state index contributed by atoms with van der Waals surface area (Å²) in [7, 11) is 0. The first-order chi connectivity index (χ1) is 14.7. The van der Waals surface area contributed by atoms with Gasteiger partial charge >= 0.3 is 0 Å². The summed E-state index contributed by atoms with van der Waals surface area (Å²) in [5.74, 6) is -0.482. The molecule has 0 unspecified atom stereocenters. The second-order valence-electron chi connectivity index (χ2n) is 7.53. The summed E-state index contributed by atoms with van der Waals surface area (Å²) in [6.45, 7) is 2.07. The van der Waals surface area contributed by atoms with Gasteiger partial charge in [-0.25, -0.2) is 0 Å². The van der Waals surface area contributed by atoms with Crippen molar-refractivity contribution in [3.8, 4) is 0 Å². The third kappa shape index (κ3) is 3.30. The number of nitrogens with one attached hydrogen (secondary N) is 1. The largest absolute Gasteiger partial charge is 0.451 e. The lowest BCUT2D eigenvalue weighted by molar-refractivity contribution is 0.0997. The number of hydrogen-bond acceptors (Lipinski definition) is 5. The monoisotopic (exact) mass is 399 g/mol. The Morgan fingerprint density at radius 2 is 1.80 bits per heavy atom.